The van der Waals surface area contributed by atoms with Crippen LogP contribution in [-0.2, 0) is 0 Å². The summed E-state index contributed by atoms with van der Waals surface area (Å²) in [5.41, 5.74) is 2.17. The number of hydrogen-bond donors (Lipinski definition) is 1. The van der Waals surface area contributed by atoms with E-state index >= 15 is 0 Å². The van der Waals surface area contributed by atoms with Crippen molar-refractivity contribution in [3.05, 3.63) is 27.7 Å². The summed E-state index contributed by atoms with van der Waals surface area (Å²) in [5.74, 6) is 0. The van der Waals surface area contributed by atoms with E-state index in [1.54, 1.807) is 0 Å². The van der Waals surface area contributed by atoms with Gasteiger partial charge >= 0.3 is 0 Å². The molecule has 2 rings (SSSR count). The number of aryl methyl sites for hydroxylation is 1. The molecule has 1 aromatic carbocycles. The van der Waals surface area contributed by atoms with Crippen molar-refractivity contribution in [3.63, 3.8) is 0 Å². The second-order valence-electron chi connectivity index (χ2n) is 6.01. The van der Waals surface area contributed by atoms with Crippen LogP contribution < -0.4 is 10.2 Å². The summed E-state index contributed by atoms with van der Waals surface area (Å²) in [6, 6.07) is 4.42. The molecule has 0 spiro atoms. The quantitative estimate of drug-likeness (QED) is 0.877. The van der Waals surface area contributed by atoms with Crippen LogP contribution in [0.4, 0.5) is 5.69 Å². The van der Waals surface area contributed by atoms with Crippen molar-refractivity contribution in [3.8, 4) is 0 Å². The third-order valence-electron chi connectivity index (χ3n) is 3.83. The van der Waals surface area contributed by atoms with Crippen molar-refractivity contribution in [2.75, 3.05) is 18.0 Å². The lowest BCUT2D eigenvalue weighted by Gasteiger charge is -2.46. The zero-order chi connectivity index (χ0) is 14.2. The van der Waals surface area contributed by atoms with Crippen LogP contribution in [0.1, 0.15) is 32.8 Å². The zero-order valence-electron chi connectivity index (χ0n) is 12.1. The average Bonchev–Trinajstić information content (AvgIpc) is 2.33. The van der Waals surface area contributed by atoms with Gasteiger partial charge in [0.05, 0.1) is 10.7 Å². The minimum atomic E-state index is 0.0896. The molecule has 4 heteroatoms. The molecule has 19 heavy (non-hydrogen) atoms. The Hall–Kier alpha value is -0.440. The van der Waals surface area contributed by atoms with Crippen LogP contribution >= 0.6 is 23.2 Å². The van der Waals surface area contributed by atoms with E-state index in [9.17, 15) is 0 Å². The Kier molecular flexibility index (Phi) is 4.34. The second-order valence-corrected chi connectivity index (χ2v) is 6.82. The lowest BCUT2D eigenvalue weighted by Crippen LogP contribution is -2.61. The number of benzene rings is 1. The van der Waals surface area contributed by atoms with Crippen LogP contribution in [0.2, 0.25) is 10.0 Å². The molecule has 106 valence electrons. The van der Waals surface area contributed by atoms with E-state index < -0.39 is 0 Å². The molecule has 1 unspecified atom stereocenters. The van der Waals surface area contributed by atoms with Crippen LogP contribution in [0, 0.1) is 6.92 Å². The first-order chi connectivity index (χ1) is 8.84. The highest BCUT2D eigenvalue weighted by atomic mass is 35.5. The molecular weight excluding hydrogens is 279 g/mol. The van der Waals surface area contributed by atoms with Gasteiger partial charge < -0.3 is 10.2 Å². The molecule has 1 N–H and O–H groups in total. The van der Waals surface area contributed by atoms with Crippen molar-refractivity contribution in [2.24, 2.45) is 0 Å². The lowest BCUT2D eigenvalue weighted by molar-refractivity contribution is 0.306. The number of hydrogen-bond acceptors (Lipinski definition) is 2. The number of nitrogens with one attached hydrogen (secondary N) is 1. The average molecular weight is 301 g/mol. The molecule has 0 aromatic heterocycles. The fourth-order valence-electron chi connectivity index (χ4n) is 2.62. The fraction of sp³-hybridized carbons (Fsp3) is 0.600. The molecule has 0 aliphatic carbocycles. The highest BCUT2D eigenvalue weighted by Gasteiger charge is 2.32. The van der Waals surface area contributed by atoms with Crippen LogP contribution in [0.15, 0.2) is 12.1 Å². The van der Waals surface area contributed by atoms with Crippen LogP contribution in [0.3, 0.4) is 0 Å². The standard InChI is InChI=1S/C15H22Cl2N2/c1-5-11-8-18-15(3,4)9-19(11)14-7-12(16)10(2)6-13(14)17/h6-7,11,18H,5,8-9H2,1-4H3. The number of rotatable bonds is 2. The summed E-state index contributed by atoms with van der Waals surface area (Å²) in [5, 5.41) is 5.16. The zero-order valence-corrected chi connectivity index (χ0v) is 13.6. The summed E-state index contributed by atoms with van der Waals surface area (Å²) < 4.78 is 0. The summed E-state index contributed by atoms with van der Waals surface area (Å²) in [4.78, 5) is 2.39. The Morgan fingerprint density at radius 1 is 1.32 bits per heavy atom. The predicted molar refractivity (Wildman–Crippen MR) is 84.7 cm³/mol. The molecule has 0 bridgehead atoms. The van der Waals surface area contributed by atoms with Crippen molar-refractivity contribution < 1.29 is 0 Å². The molecule has 0 radical (unpaired) electrons. The maximum Gasteiger partial charge on any atom is 0.0643 e. The van der Waals surface area contributed by atoms with E-state index in [1.165, 1.54) is 0 Å². The van der Waals surface area contributed by atoms with E-state index in [-0.39, 0.29) is 5.54 Å². The van der Waals surface area contributed by atoms with Gasteiger partial charge in [-0.1, -0.05) is 30.1 Å². The monoisotopic (exact) mass is 300 g/mol. The second kappa shape index (κ2) is 5.51. The number of piperazine rings is 1. The Balaban J connectivity index is 2.39. The maximum absolute atomic E-state index is 6.43. The molecule has 1 aliphatic heterocycles. The molecule has 1 saturated heterocycles. The van der Waals surface area contributed by atoms with Crippen molar-refractivity contribution in [1.29, 1.82) is 0 Å². The van der Waals surface area contributed by atoms with Crippen LogP contribution in [-0.4, -0.2) is 24.7 Å². The van der Waals surface area contributed by atoms with Crippen molar-refractivity contribution >= 4 is 28.9 Å². The predicted octanol–water partition coefficient (Wildman–Crippen LogP) is 4.27. The van der Waals surface area contributed by atoms with E-state index in [4.69, 9.17) is 23.2 Å². The minimum absolute atomic E-state index is 0.0896. The number of anilines is 1. The van der Waals surface area contributed by atoms with Gasteiger partial charge in [0.2, 0.25) is 0 Å². The Bertz CT molecular complexity index is 471. The smallest absolute Gasteiger partial charge is 0.0643 e. The first kappa shape index (κ1) is 15.0. The van der Waals surface area contributed by atoms with Gasteiger partial charge in [-0.15, -0.1) is 0 Å². The normalized spacial score (nSPS) is 22.6. The van der Waals surface area contributed by atoms with Crippen LogP contribution in [0.5, 0.6) is 0 Å². The molecule has 1 aromatic rings. The van der Waals surface area contributed by atoms with Crippen LogP contribution in [0.25, 0.3) is 0 Å². The SMILES string of the molecule is CCC1CNC(C)(C)CN1c1cc(Cl)c(C)cc1Cl. The Morgan fingerprint density at radius 3 is 2.63 bits per heavy atom. The van der Waals surface area contributed by atoms with Crippen molar-refractivity contribution in [1.82, 2.24) is 5.32 Å². The largest absolute Gasteiger partial charge is 0.364 e. The fourth-order valence-corrected chi connectivity index (χ4v) is 3.10. The van der Waals surface area contributed by atoms with Crippen molar-refractivity contribution in [2.45, 2.75) is 45.7 Å². The summed E-state index contributed by atoms with van der Waals surface area (Å²) in [6.07, 6.45) is 1.09. The molecule has 1 fully saturated rings. The summed E-state index contributed by atoms with van der Waals surface area (Å²) in [7, 11) is 0. The van der Waals surface area contributed by atoms with Gasteiger partial charge in [-0.2, -0.15) is 0 Å². The first-order valence-corrected chi connectivity index (χ1v) is 7.57. The molecule has 2 nitrogen and oxygen atoms in total. The van der Waals surface area contributed by atoms with Gasteiger partial charge in [-0.05, 0) is 44.9 Å². The molecule has 1 atom stereocenters. The molecule has 0 saturated carbocycles. The van der Waals surface area contributed by atoms with Gasteiger partial charge in [0.1, 0.15) is 0 Å². The molecule has 0 amide bonds. The van der Waals surface area contributed by atoms with Gasteiger partial charge in [-0.25, -0.2) is 0 Å². The third kappa shape index (κ3) is 3.18. The minimum Gasteiger partial charge on any atom is -0.364 e. The Labute approximate surface area is 126 Å². The third-order valence-corrected chi connectivity index (χ3v) is 4.54. The van der Waals surface area contributed by atoms with Gasteiger partial charge in [-0.3, -0.25) is 0 Å². The molecule has 1 heterocycles. The van der Waals surface area contributed by atoms with E-state index in [1.807, 2.05) is 19.1 Å². The Morgan fingerprint density at radius 2 is 2.00 bits per heavy atom. The maximum atomic E-state index is 6.43. The summed E-state index contributed by atoms with van der Waals surface area (Å²) in [6.45, 7) is 10.5. The number of halogens is 2. The molecule has 1 aliphatic rings. The van der Waals surface area contributed by atoms with Gasteiger partial charge in [0.15, 0.2) is 0 Å². The summed E-state index contributed by atoms with van der Waals surface area (Å²) >= 11 is 12.7. The highest BCUT2D eigenvalue weighted by molar-refractivity contribution is 6.35. The molecular formula is C15H22Cl2N2. The first-order valence-electron chi connectivity index (χ1n) is 6.81. The van der Waals surface area contributed by atoms with E-state index in [0.29, 0.717) is 6.04 Å². The lowest BCUT2D eigenvalue weighted by atomic mass is 9.96. The highest BCUT2D eigenvalue weighted by Crippen LogP contribution is 2.35. The van der Waals surface area contributed by atoms with Gasteiger partial charge in [0.25, 0.3) is 0 Å². The topological polar surface area (TPSA) is 15.3 Å². The number of nitrogens with zero attached hydrogens (tertiary/aromatic N) is 1. The van der Waals surface area contributed by atoms with E-state index in [2.05, 4.69) is 31.0 Å². The van der Waals surface area contributed by atoms with E-state index in [0.717, 1.165) is 40.8 Å². The van der Waals surface area contributed by atoms with Gasteiger partial charge in [0, 0.05) is 29.7 Å².